The van der Waals surface area contributed by atoms with Gasteiger partial charge in [-0.25, -0.2) is 28.5 Å². The van der Waals surface area contributed by atoms with E-state index in [4.69, 9.17) is 16.6 Å². The van der Waals surface area contributed by atoms with E-state index >= 15 is 0 Å². The fraction of sp³-hybridized carbons (Fsp3) is 0.375. The van der Waals surface area contributed by atoms with Crippen molar-refractivity contribution in [3.05, 3.63) is 51.9 Å². The van der Waals surface area contributed by atoms with Gasteiger partial charge in [-0.2, -0.15) is 5.26 Å². The first-order valence-electron chi connectivity index (χ1n) is 11.0. The van der Waals surface area contributed by atoms with E-state index in [1.54, 1.807) is 11.0 Å². The normalized spacial score (nSPS) is 18.2. The number of nitrogens with zero attached hydrogens (tertiary/aromatic N) is 5. The van der Waals surface area contributed by atoms with Crippen LogP contribution in [0, 0.1) is 24.2 Å². The second-order valence-electron chi connectivity index (χ2n) is 8.79. The highest BCUT2D eigenvalue weighted by Crippen LogP contribution is 2.36. The van der Waals surface area contributed by atoms with E-state index in [1.807, 2.05) is 26.0 Å². The van der Waals surface area contributed by atoms with Gasteiger partial charge in [0.2, 0.25) is 0 Å². The summed E-state index contributed by atoms with van der Waals surface area (Å²) >= 11 is 5.86. The third-order valence-corrected chi connectivity index (χ3v) is 6.37. The van der Waals surface area contributed by atoms with Gasteiger partial charge in [0.05, 0.1) is 22.8 Å². The van der Waals surface area contributed by atoms with E-state index in [9.17, 15) is 23.9 Å². The van der Waals surface area contributed by atoms with Crippen molar-refractivity contribution in [1.29, 1.82) is 5.26 Å². The number of nitriles is 1. The summed E-state index contributed by atoms with van der Waals surface area (Å²) in [6.07, 6.45) is -0.334. The summed E-state index contributed by atoms with van der Waals surface area (Å²) in [7, 11) is 0. The number of hydrogen-bond acceptors (Lipinski definition) is 7. The van der Waals surface area contributed by atoms with Crippen molar-refractivity contribution in [2.75, 3.05) is 23.3 Å². The summed E-state index contributed by atoms with van der Waals surface area (Å²) < 4.78 is 28.1. The molecular formula is C24H23ClF2N6O2. The van der Waals surface area contributed by atoms with Gasteiger partial charge in [-0.05, 0) is 37.6 Å². The molecule has 2 atom stereocenters. The molecule has 0 bridgehead atoms. The minimum absolute atomic E-state index is 0.0509. The number of nitrogens with one attached hydrogen (secondary N) is 1. The Kier molecular flexibility index (Phi) is 6.47. The van der Waals surface area contributed by atoms with Gasteiger partial charge in [0, 0.05) is 31.0 Å². The van der Waals surface area contributed by atoms with Crippen LogP contribution in [0.2, 0.25) is 5.15 Å². The lowest BCUT2D eigenvalue weighted by Crippen LogP contribution is -2.46. The Bertz CT molecular complexity index is 1360. The molecule has 1 saturated heterocycles. The SMILES string of the molecule is Cc1cc([C@@H](C)Nc2ccc(Cl)nc2C(=O)O)c2nc(N3CCC(F)(F)[C@@H](C)C3)c(C#N)nc2c1. The van der Waals surface area contributed by atoms with Gasteiger partial charge in [0.1, 0.15) is 11.2 Å². The summed E-state index contributed by atoms with van der Waals surface area (Å²) in [4.78, 5) is 26.4. The number of rotatable bonds is 5. The summed E-state index contributed by atoms with van der Waals surface area (Å²) in [5, 5.41) is 22.4. The van der Waals surface area contributed by atoms with Gasteiger partial charge in [0.25, 0.3) is 5.92 Å². The number of hydrogen-bond donors (Lipinski definition) is 2. The zero-order chi connectivity index (χ0) is 25.5. The number of alkyl halides is 2. The number of piperidine rings is 1. The standard InChI is InChI=1S/C24H23ClF2N6O2/c1-12-8-15(14(3)29-16-4-5-19(25)31-21(16)23(34)35)20-17(9-12)30-18(10-28)22(32-20)33-7-6-24(26,27)13(2)11-33/h4-5,8-9,13-14,29H,6-7,11H2,1-3H3,(H,34,35)/t13-,14+/m0/s1. The van der Waals surface area contributed by atoms with Crippen LogP contribution in [-0.2, 0) is 0 Å². The van der Waals surface area contributed by atoms with E-state index in [2.05, 4.69) is 15.3 Å². The molecule has 2 aromatic heterocycles. The number of pyridine rings is 1. The minimum Gasteiger partial charge on any atom is -0.476 e. The first-order chi connectivity index (χ1) is 16.5. The molecular weight excluding hydrogens is 478 g/mol. The zero-order valence-corrected chi connectivity index (χ0v) is 20.1. The van der Waals surface area contributed by atoms with Crippen LogP contribution in [0.1, 0.15) is 53.6 Å². The second kappa shape index (κ2) is 9.23. The number of aromatic nitrogens is 3. The second-order valence-corrected chi connectivity index (χ2v) is 9.18. The maximum absolute atomic E-state index is 14.1. The van der Waals surface area contributed by atoms with Gasteiger partial charge in [-0.1, -0.05) is 24.6 Å². The van der Waals surface area contributed by atoms with Gasteiger partial charge in [0.15, 0.2) is 17.2 Å². The average Bonchev–Trinajstić information content (AvgIpc) is 2.80. The molecule has 0 radical (unpaired) electrons. The molecule has 11 heteroatoms. The molecule has 2 N–H and O–H groups in total. The van der Waals surface area contributed by atoms with Gasteiger partial charge in [-0.3, -0.25) is 0 Å². The first kappa shape index (κ1) is 24.5. The van der Waals surface area contributed by atoms with Crippen LogP contribution in [0.4, 0.5) is 20.3 Å². The molecule has 1 aromatic carbocycles. The Hall–Kier alpha value is -3.58. The third-order valence-electron chi connectivity index (χ3n) is 6.16. The lowest BCUT2D eigenvalue weighted by atomic mass is 9.95. The fourth-order valence-corrected chi connectivity index (χ4v) is 4.40. The number of fused-ring (bicyclic) bond motifs is 1. The number of carboxylic acids is 1. The molecule has 0 aliphatic carbocycles. The monoisotopic (exact) mass is 500 g/mol. The molecule has 1 fully saturated rings. The quantitative estimate of drug-likeness (QED) is 0.459. The van der Waals surface area contributed by atoms with Crippen LogP contribution in [-0.4, -0.2) is 45.0 Å². The summed E-state index contributed by atoms with van der Waals surface area (Å²) in [6.45, 7) is 5.29. The van der Waals surface area contributed by atoms with Gasteiger partial charge >= 0.3 is 5.97 Å². The van der Waals surface area contributed by atoms with E-state index in [-0.39, 0.29) is 47.6 Å². The highest BCUT2D eigenvalue weighted by atomic mass is 35.5. The Morgan fingerprint density at radius 2 is 2.09 bits per heavy atom. The smallest absolute Gasteiger partial charge is 0.356 e. The fourth-order valence-electron chi connectivity index (χ4n) is 4.25. The number of carbonyl (C=O) groups is 1. The molecule has 8 nitrogen and oxygen atoms in total. The number of aromatic carboxylic acids is 1. The number of aryl methyl sites for hydroxylation is 1. The molecule has 0 unspecified atom stereocenters. The molecule has 1 aliphatic heterocycles. The minimum atomic E-state index is -2.78. The lowest BCUT2D eigenvalue weighted by Gasteiger charge is -2.37. The third kappa shape index (κ3) is 4.82. The van der Waals surface area contributed by atoms with Crippen molar-refractivity contribution in [1.82, 2.24) is 15.0 Å². The van der Waals surface area contributed by atoms with Crippen LogP contribution in [0.5, 0.6) is 0 Å². The largest absolute Gasteiger partial charge is 0.476 e. The van der Waals surface area contributed by atoms with Gasteiger partial charge in [-0.15, -0.1) is 0 Å². The molecule has 0 amide bonds. The van der Waals surface area contributed by atoms with Crippen LogP contribution < -0.4 is 10.2 Å². The number of halogens is 3. The zero-order valence-electron chi connectivity index (χ0n) is 19.3. The molecule has 0 saturated carbocycles. The Balaban J connectivity index is 1.78. The number of carboxylic acid groups (broad SMARTS) is 1. The van der Waals surface area contributed by atoms with Crippen molar-refractivity contribution < 1.29 is 18.7 Å². The van der Waals surface area contributed by atoms with Crippen LogP contribution in [0.15, 0.2) is 24.3 Å². The summed E-state index contributed by atoms with van der Waals surface area (Å²) in [5.74, 6) is -4.64. The van der Waals surface area contributed by atoms with Crippen molar-refractivity contribution in [3.8, 4) is 6.07 Å². The van der Waals surface area contributed by atoms with Crippen LogP contribution >= 0.6 is 11.6 Å². The average molecular weight is 501 g/mol. The van der Waals surface area contributed by atoms with E-state index in [0.717, 1.165) is 5.56 Å². The molecule has 1 aliphatic rings. The van der Waals surface area contributed by atoms with E-state index in [1.165, 1.54) is 19.1 Å². The van der Waals surface area contributed by atoms with E-state index < -0.39 is 23.9 Å². The maximum atomic E-state index is 14.1. The number of anilines is 2. The molecule has 0 spiro atoms. The van der Waals surface area contributed by atoms with E-state index in [0.29, 0.717) is 16.6 Å². The molecule has 4 rings (SSSR count). The topological polar surface area (TPSA) is 115 Å². The highest BCUT2D eigenvalue weighted by Gasteiger charge is 2.42. The van der Waals surface area contributed by atoms with Crippen molar-refractivity contribution in [2.24, 2.45) is 5.92 Å². The number of benzene rings is 1. The van der Waals surface area contributed by atoms with Gasteiger partial charge < -0.3 is 15.3 Å². The molecule has 3 heterocycles. The maximum Gasteiger partial charge on any atom is 0.356 e. The van der Waals surface area contributed by atoms with Crippen LogP contribution in [0.25, 0.3) is 11.0 Å². The molecule has 182 valence electrons. The first-order valence-corrected chi connectivity index (χ1v) is 11.4. The Morgan fingerprint density at radius 1 is 1.34 bits per heavy atom. The predicted octanol–water partition coefficient (Wildman–Crippen LogP) is 5.21. The summed E-state index contributed by atoms with van der Waals surface area (Å²) in [5.41, 5.74) is 2.68. The Labute approximate surface area is 205 Å². The highest BCUT2D eigenvalue weighted by molar-refractivity contribution is 6.29. The summed E-state index contributed by atoms with van der Waals surface area (Å²) in [6, 6.07) is 8.32. The van der Waals surface area contributed by atoms with Crippen molar-refractivity contribution >= 4 is 40.1 Å². The Morgan fingerprint density at radius 3 is 2.74 bits per heavy atom. The van der Waals surface area contributed by atoms with Crippen molar-refractivity contribution in [3.63, 3.8) is 0 Å². The lowest BCUT2D eigenvalue weighted by molar-refractivity contribution is -0.0652. The van der Waals surface area contributed by atoms with Crippen molar-refractivity contribution in [2.45, 2.75) is 39.2 Å². The van der Waals surface area contributed by atoms with Crippen LogP contribution in [0.3, 0.4) is 0 Å². The molecule has 3 aromatic rings. The molecule has 35 heavy (non-hydrogen) atoms. The predicted molar refractivity (Wildman–Crippen MR) is 128 cm³/mol.